The summed E-state index contributed by atoms with van der Waals surface area (Å²) >= 11 is 0. The highest BCUT2D eigenvalue weighted by atomic mass is 16.1. The SMILES string of the molecule is N#Cc1ccc(NC(=O)C2=C(N)CNc3ccc(-c4cncc(CN5CCCCC5)c4)cc32)cn1. The number of piperidine rings is 1. The van der Waals surface area contributed by atoms with Crippen molar-refractivity contribution < 1.29 is 4.79 Å². The summed E-state index contributed by atoms with van der Waals surface area (Å²) in [5.41, 5.74) is 12.7. The van der Waals surface area contributed by atoms with Crippen LogP contribution in [0.5, 0.6) is 0 Å². The minimum Gasteiger partial charge on any atom is -0.400 e. The fourth-order valence-corrected chi connectivity index (χ4v) is 4.64. The Labute approximate surface area is 204 Å². The molecule has 3 aromatic rings. The molecule has 0 atom stereocenters. The van der Waals surface area contributed by atoms with E-state index in [1.54, 1.807) is 12.1 Å². The molecule has 1 fully saturated rings. The molecule has 5 rings (SSSR count). The number of rotatable bonds is 5. The van der Waals surface area contributed by atoms with E-state index in [1.807, 2.05) is 36.7 Å². The quantitative estimate of drug-likeness (QED) is 0.525. The minimum absolute atomic E-state index is 0.287. The second-order valence-corrected chi connectivity index (χ2v) is 8.93. The van der Waals surface area contributed by atoms with Crippen molar-refractivity contribution in [2.24, 2.45) is 5.73 Å². The summed E-state index contributed by atoms with van der Waals surface area (Å²) in [6, 6.07) is 13.4. The van der Waals surface area contributed by atoms with Gasteiger partial charge in [-0.3, -0.25) is 14.7 Å². The number of aromatic nitrogens is 2. The van der Waals surface area contributed by atoms with Gasteiger partial charge in [-0.15, -0.1) is 0 Å². The molecule has 4 N–H and O–H groups in total. The number of carbonyl (C=O) groups excluding carboxylic acids is 1. The van der Waals surface area contributed by atoms with Crippen molar-refractivity contribution in [1.82, 2.24) is 14.9 Å². The van der Waals surface area contributed by atoms with E-state index in [0.717, 1.165) is 42.0 Å². The number of hydrogen-bond acceptors (Lipinski definition) is 7. The molecule has 2 aliphatic heterocycles. The molecule has 8 nitrogen and oxygen atoms in total. The number of carbonyl (C=O) groups is 1. The van der Waals surface area contributed by atoms with E-state index in [0.29, 0.717) is 23.5 Å². The van der Waals surface area contributed by atoms with Gasteiger partial charge < -0.3 is 16.4 Å². The Balaban J connectivity index is 1.41. The molecular formula is C27H27N7O. The lowest BCUT2D eigenvalue weighted by molar-refractivity contribution is -0.111. The number of pyridine rings is 2. The van der Waals surface area contributed by atoms with Crippen molar-refractivity contribution in [1.29, 1.82) is 5.26 Å². The first-order chi connectivity index (χ1) is 17.1. The van der Waals surface area contributed by atoms with Crippen LogP contribution in [0.15, 0.2) is 60.7 Å². The van der Waals surface area contributed by atoms with Crippen LogP contribution in [0.4, 0.5) is 11.4 Å². The van der Waals surface area contributed by atoms with Gasteiger partial charge in [0, 0.05) is 41.4 Å². The number of benzene rings is 1. The predicted octanol–water partition coefficient (Wildman–Crippen LogP) is 3.74. The van der Waals surface area contributed by atoms with Crippen LogP contribution in [0.1, 0.15) is 36.1 Å². The first kappa shape index (κ1) is 22.6. The van der Waals surface area contributed by atoms with Crippen molar-refractivity contribution in [3.63, 3.8) is 0 Å². The molecule has 2 aliphatic rings. The number of anilines is 2. The molecule has 0 aliphatic carbocycles. The van der Waals surface area contributed by atoms with Crippen LogP contribution >= 0.6 is 0 Å². The van der Waals surface area contributed by atoms with E-state index >= 15 is 0 Å². The van der Waals surface area contributed by atoms with E-state index in [1.165, 1.54) is 31.0 Å². The zero-order valence-electron chi connectivity index (χ0n) is 19.4. The largest absolute Gasteiger partial charge is 0.400 e. The van der Waals surface area contributed by atoms with Crippen molar-refractivity contribution in [3.8, 4) is 17.2 Å². The molecule has 8 heteroatoms. The van der Waals surface area contributed by atoms with Gasteiger partial charge in [0.25, 0.3) is 5.91 Å². The highest BCUT2D eigenvalue weighted by Crippen LogP contribution is 2.34. The summed E-state index contributed by atoms with van der Waals surface area (Å²) in [6.45, 7) is 3.54. The molecule has 0 spiro atoms. The smallest absolute Gasteiger partial charge is 0.258 e. The predicted molar refractivity (Wildman–Crippen MR) is 136 cm³/mol. The maximum atomic E-state index is 13.2. The third-order valence-corrected chi connectivity index (χ3v) is 6.43. The normalized spacial score (nSPS) is 15.6. The van der Waals surface area contributed by atoms with E-state index in [4.69, 9.17) is 11.0 Å². The number of hydrogen-bond donors (Lipinski definition) is 3. The third kappa shape index (κ3) is 5.00. The summed E-state index contributed by atoms with van der Waals surface area (Å²) in [5, 5.41) is 15.1. The maximum Gasteiger partial charge on any atom is 0.258 e. The number of nitrogens with one attached hydrogen (secondary N) is 2. The molecule has 176 valence electrons. The zero-order chi connectivity index (χ0) is 24.2. The van der Waals surface area contributed by atoms with Crippen LogP contribution in [0, 0.1) is 11.3 Å². The Hall–Kier alpha value is -4.22. The maximum absolute atomic E-state index is 13.2. The van der Waals surface area contributed by atoms with E-state index in [-0.39, 0.29) is 11.6 Å². The Bertz CT molecular complexity index is 1320. The summed E-state index contributed by atoms with van der Waals surface area (Å²) in [7, 11) is 0. The minimum atomic E-state index is -0.314. The third-order valence-electron chi connectivity index (χ3n) is 6.43. The molecular weight excluding hydrogens is 438 g/mol. The highest BCUT2D eigenvalue weighted by Gasteiger charge is 2.24. The number of likely N-dealkylation sites (tertiary alicyclic amines) is 1. The van der Waals surface area contributed by atoms with Gasteiger partial charge in [-0.1, -0.05) is 12.5 Å². The van der Waals surface area contributed by atoms with Crippen LogP contribution in [0.3, 0.4) is 0 Å². The van der Waals surface area contributed by atoms with Gasteiger partial charge >= 0.3 is 0 Å². The Morgan fingerprint density at radius 1 is 1.09 bits per heavy atom. The van der Waals surface area contributed by atoms with Crippen molar-refractivity contribution >= 4 is 22.9 Å². The lowest BCUT2D eigenvalue weighted by Gasteiger charge is -2.26. The van der Waals surface area contributed by atoms with Crippen LogP contribution in [-0.4, -0.2) is 40.4 Å². The van der Waals surface area contributed by atoms with Crippen molar-refractivity contribution in [2.75, 3.05) is 30.3 Å². The number of amides is 1. The molecule has 0 saturated carbocycles. The van der Waals surface area contributed by atoms with Gasteiger partial charge in [-0.05, 0) is 67.4 Å². The topological polar surface area (TPSA) is 120 Å². The molecule has 1 saturated heterocycles. The van der Waals surface area contributed by atoms with Crippen LogP contribution < -0.4 is 16.4 Å². The zero-order valence-corrected chi connectivity index (χ0v) is 19.4. The Morgan fingerprint density at radius 2 is 1.94 bits per heavy atom. The molecule has 0 bridgehead atoms. The molecule has 2 aromatic heterocycles. The first-order valence-corrected chi connectivity index (χ1v) is 11.8. The molecule has 4 heterocycles. The summed E-state index contributed by atoms with van der Waals surface area (Å²) in [6.07, 6.45) is 9.06. The van der Waals surface area contributed by atoms with Crippen LogP contribution in [-0.2, 0) is 11.3 Å². The van der Waals surface area contributed by atoms with Gasteiger partial charge in [-0.2, -0.15) is 5.26 Å². The Morgan fingerprint density at radius 3 is 2.71 bits per heavy atom. The lowest BCUT2D eigenvalue weighted by Crippen LogP contribution is -2.29. The van der Waals surface area contributed by atoms with Gasteiger partial charge in [0.15, 0.2) is 0 Å². The standard InChI is InChI=1S/C27H27N7O/c28-12-21-5-6-22(15-31-21)33-27(35)26-23-11-19(4-7-25(23)32-16-24(26)29)20-10-18(13-30-14-20)17-34-8-2-1-3-9-34/h4-7,10-11,13-15,32H,1-3,8-9,16-17,29H2,(H,33,35). The molecule has 0 unspecified atom stereocenters. The number of nitrogens with two attached hydrogens (primary N) is 1. The summed E-state index contributed by atoms with van der Waals surface area (Å²) in [5.74, 6) is -0.314. The van der Waals surface area contributed by atoms with Gasteiger partial charge in [0.2, 0.25) is 0 Å². The van der Waals surface area contributed by atoms with Crippen LogP contribution in [0.2, 0.25) is 0 Å². The van der Waals surface area contributed by atoms with Gasteiger partial charge in [0.05, 0.1) is 24.0 Å². The van der Waals surface area contributed by atoms with E-state index in [9.17, 15) is 4.79 Å². The fraction of sp³-hybridized carbons (Fsp3) is 0.259. The molecule has 1 aromatic carbocycles. The summed E-state index contributed by atoms with van der Waals surface area (Å²) in [4.78, 5) is 24.2. The average molecular weight is 466 g/mol. The van der Waals surface area contributed by atoms with Gasteiger partial charge in [-0.25, -0.2) is 4.98 Å². The second-order valence-electron chi connectivity index (χ2n) is 8.93. The Kier molecular flexibility index (Phi) is 6.42. The van der Waals surface area contributed by atoms with E-state index < -0.39 is 0 Å². The number of nitrogens with zero attached hydrogens (tertiary/aromatic N) is 4. The average Bonchev–Trinajstić information content (AvgIpc) is 2.89. The molecule has 1 amide bonds. The first-order valence-electron chi connectivity index (χ1n) is 11.8. The van der Waals surface area contributed by atoms with Crippen molar-refractivity contribution in [2.45, 2.75) is 25.8 Å². The van der Waals surface area contributed by atoms with Crippen molar-refractivity contribution in [3.05, 3.63) is 77.5 Å². The number of nitriles is 1. The molecule has 0 radical (unpaired) electrons. The van der Waals surface area contributed by atoms with Gasteiger partial charge in [0.1, 0.15) is 11.8 Å². The lowest BCUT2D eigenvalue weighted by atomic mass is 9.93. The number of fused-ring (bicyclic) bond motifs is 1. The van der Waals surface area contributed by atoms with E-state index in [2.05, 4.69) is 31.6 Å². The van der Waals surface area contributed by atoms with Crippen LogP contribution in [0.25, 0.3) is 16.7 Å². The monoisotopic (exact) mass is 465 g/mol. The second kappa shape index (κ2) is 9.95. The summed E-state index contributed by atoms with van der Waals surface area (Å²) < 4.78 is 0. The highest BCUT2D eigenvalue weighted by molar-refractivity contribution is 6.27. The fourth-order valence-electron chi connectivity index (χ4n) is 4.64. The molecule has 35 heavy (non-hydrogen) atoms.